The topological polar surface area (TPSA) is 75.9 Å². The van der Waals surface area contributed by atoms with Crippen molar-refractivity contribution >= 4 is 22.8 Å². The molecule has 0 spiro atoms. The number of carbonyl (C=O) groups excluding carboxylic acids is 1. The molecule has 0 saturated heterocycles. The first-order chi connectivity index (χ1) is 9.71. The summed E-state index contributed by atoms with van der Waals surface area (Å²) in [4.78, 5) is 22.0. The van der Waals surface area contributed by atoms with Gasteiger partial charge in [-0.25, -0.2) is 14.6 Å². The fraction of sp³-hybridized carbons (Fsp3) is 0.571. The van der Waals surface area contributed by atoms with E-state index < -0.39 is 0 Å². The molecule has 0 fully saturated rings. The molecule has 0 unspecified atom stereocenters. The summed E-state index contributed by atoms with van der Waals surface area (Å²) in [6.07, 6.45) is 3.22. The highest BCUT2D eigenvalue weighted by atomic mass is 16.2. The minimum absolute atomic E-state index is 0.00928. The van der Waals surface area contributed by atoms with Crippen LogP contribution in [-0.4, -0.2) is 50.7 Å². The van der Waals surface area contributed by atoms with Gasteiger partial charge in [0.25, 0.3) is 0 Å². The Morgan fingerprint density at radius 3 is 2.57 bits per heavy atom. The van der Waals surface area contributed by atoms with Crippen molar-refractivity contribution in [1.29, 1.82) is 0 Å². The lowest BCUT2D eigenvalue weighted by molar-refractivity contribution is -0.129. The standard InChI is InChI=1S/C14H22N6O/c1-9(13(21)19(5)6)18-11-10-7-17-20(14(2,3)4)12(10)16-8-15-11/h7-9H,1-6H3,(H,15,16,18)/t9-/m0/s1. The summed E-state index contributed by atoms with van der Waals surface area (Å²) < 4.78 is 1.85. The maximum Gasteiger partial charge on any atom is 0.244 e. The Hall–Kier alpha value is -2.18. The maximum atomic E-state index is 11.9. The average molecular weight is 290 g/mol. The Morgan fingerprint density at radius 2 is 2.00 bits per heavy atom. The molecular formula is C14H22N6O. The fourth-order valence-corrected chi connectivity index (χ4v) is 2.10. The molecule has 2 aromatic heterocycles. The van der Waals surface area contributed by atoms with Gasteiger partial charge in [-0.2, -0.15) is 5.10 Å². The van der Waals surface area contributed by atoms with Crippen LogP contribution in [0.4, 0.5) is 5.82 Å². The van der Waals surface area contributed by atoms with Gasteiger partial charge in [0.2, 0.25) is 5.91 Å². The Labute approximate surface area is 124 Å². The molecule has 0 aromatic carbocycles. The molecule has 2 aromatic rings. The Morgan fingerprint density at radius 1 is 1.33 bits per heavy atom. The number of nitrogens with one attached hydrogen (secondary N) is 1. The minimum atomic E-state index is -0.365. The van der Waals surface area contributed by atoms with E-state index in [1.807, 2.05) is 11.6 Å². The fourth-order valence-electron chi connectivity index (χ4n) is 2.10. The minimum Gasteiger partial charge on any atom is -0.358 e. The molecular weight excluding hydrogens is 268 g/mol. The van der Waals surface area contributed by atoms with Crippen molar-refractivity contribution < 1.29 is 4.79 Å². The van der Waals surface area contributed by atoms with E-state index >= 15 is 0 Å². The molecule has 7 heteroatoms. The first-order valence-corrected chi connectivity index (χ1v) is 6.88. The van der Waals surface area contributed by atoms with Gasteiger partial charge in [-0.15, -0.1) is 0 Å². The molecule has 0 bridgehead atoms. The SMILES string of the molecule is C[C@H](Nc1ncnc2c1cnn2C(C)(C)C)C(=O)N(C)C. The second-order valence-electron chi connectivity index (χ2n) is 6.29. The number of anilines is 1. The summed E-state index contributed by atoms with van der Waals surface area (Å²) in [6.45, 7) is 8.00. The Bertz CT molecular complexity index is 655. The van der Waals surface area contributed by atoms with Gasteiger partial charge in [-0.3, -0.25) is 4.79 Å². The van der Waals surface area contributed by atoms with Crippen LogP contribution in [0.2, 0.25) is 0 Å². The van der Waals surface area contributed by atoms with Gasteiger partial charge in [0, 0.05) is 14.1 Å². The van der Waals surface area contributed by atoms with Crippen LogP contribution in [0, 0.1) is 0 Å². The summed E-state index contributed by atoms with van der Waals surface area (Å²) in [6, 6.07) is -0.365. The van der Waals surface area contributed by atoms with Crippen molar-refractivity contribution in [2.24, 2.45) is 0 Å². The molecule has 7 nitrogen and oxygen atoms in total. The molecule has 2 heterocycles. The highest BCUT2D eigenvalue weighted by Crippen LogP contribution is 2.24. The van der Waals surface area contributed by atoms with Crippen molar-refractivity contribution in [2.75, 3.05) is 19.4 Å². The third-order valence-corrected chi connectivity index (χ3v) is 3.17. The summed E-state index contributed by atoms with van der Waals surface area (Å²) in [7, 11) is 3.46. The van der Waals surface area contributed by atoms with Crippen molar-refractivity contribution in [3.8, 4) is 0 Å². The number of hydrogen-bond acceptors (Lipinski definition) is 5. The molecule has 114 valence electrons. The molecule has 21 heavy (non-hydrogen) atoms. The van der Waals surface area contributed by atoms with E-state index in [0.29, 0.717) is 5.82 Å². The molecule has 0 aliphatic rings. The van der Waals surface area contributed by atoms with Crippen molar-refractivity contribution in [2.45, 2.75) is 39.3 Å². The van der Waals surface area contributed by atoms with Gasteiger partial charge in [-0.1, -0.05) is 0 Å². The van der Waals surface area contributed by atoms with Crippen LogP contribution in [0.5, 0.6) is 0 Å². The van der Waals surface area contributed by atoms with Crippen molar-refractivity contribution in [3.05, 3.63) is 12.5 Å². The predicted molar refractivity (Wildman–Crippen MR) is 82.1 cm³/mol. The van der Waals surface area contributed by atoms with Gasteiger partial charge in [0.05, 0.1) is 17.1 Å². The zero-order valence-electron chi connectivity index (χ0n) is 13.4. The van der Waals surface area contributed by atoms with E-state index in [0.717, 1.165) is 11.0 Å². The summed E-state index contributed by atoms with van der Waals surface area (Å²) in [5.74, 6) is 0.614. The summed E-state index contributed by atoms with van der Waals surface area (Å²) in [5, 5.41) is 8.34. The van der Waals surface area contributed by atoms with E-state index in [1.165, 1.54) is 6.33 Å². The van der Waals surface area contributed by atoms with Crippen LogP contribution in [0.1, 0.15) is 27.7 Å². The number of fused-ring (bicyclic) bond motifs is 1. The summed E-state index contributed by atoms with van der Waals surface area (Å²) >= 11 is 0. The molecule has 0 radical (unpaired) electrons. The van der Waals surface area contributed by atoms with Crippen molar-refractivity contribution in [3.63, 3.8) is 0 Å². The van der Waals surface area contributed by atoms with E-state index in [-0.39, 0.29) is 17.5 Å². The summed E-state index contributed by atoms with van der Waals surface area (Å²) in [5.41, 5.74) is 0.586. The molecule has 0 saturated carbocycles. The van der Waals surface area contributed by atoms with Crippen LogP contribution in [0.3, 0.4) is 0 Å². The van der Waals surface area contributed by atoms with Crippen LogP contribution < -0.4 is 5.32 Å². The second-order valence-corrected chi connectivity index (χ2v) is 6.29. The molecule has 1 N–H and O–H groups in total. The molecule has 0 aliphatic carbocycles. The third kappa shape index (κ3) is 2.96. The number of hydrogen-bond donors (Lipinski definition) is 1. The van der Waals surface area contributed by atoms with E-state index in [9.17, 15) is 4.79 Å². The number of likely N-dealkylation sites (N-methyl/N-ethyl adjacent to an activating group) is 1. The maximum absolute atomic E-state index is 11.9. The number of aromatic nitrogens is 4. The normalized spacial score (nSPS) is 13.2. The lowest BCUT2D eigenvalue weighted by Crippen LogP contribution is -2.36. The predicted octanol–water partition coefficient (Wildman–Crippen LogP) is 1.47. The Balaban J connectivity index is 2.38. The Kier molecular flexibility index (Phi) is 3.85. The van der Waals surface area contributed by atoms with Gasteiger partial charge < -0.3 is 10.2 Å². The zero-order chi connectivity index (χ0) is 15.8. The zero-order valence-corrected chi connectivity index (χ0v) is 13.4. The van der Waals surface area contributed by atoms with Gasteiger partial charge in [-0.05, 0) is 27.7 Å². The van der Waals surface area contributed by atoms with E-state index in [1.54, 1.807) is 25.2 Å². The van der Waals surface area contributed by atoms with Gasteiger partial charge in [0.15, 0.2) is 5.65 Å². The third-order valence-electron chi connectivity index (χ3n) is 3.17. The lowest BCUT2D eigenvalue weighted by atomic mass is 10.1. The molecule has 1 atom stereocenters. The van der Waals surface area contributed by atoms with Gasteiger partial charge in [0.1, 0.15) is 18.2 Å². The molecule has 0 aliphatic heterocycles. The lowest BCUT2D eigenvalue weighted by Gasteiger charge is -2.20. The van der Waals surface area contributed by atoms with Crippen LogP contribution in [-0.2, 0) is 10.3 Å². The molecule has 1 amide bonds. The highest BCUT2D eigenvalue weighted by molar-refractivity contribution is 5.90. The quantitative estimate of drug-likeness (QED) is 0.926. The largest absolute Gasteiger partial charge is 0.358 e. The first-order valence-electron chi connectivity index (χ1n) is 6.88. The first kappa shape index (κ1) is 15.2. The van der Waals surface area contributed by atoms with Gasteiger partial charge >= 0.3 is 0 Å². The number of nitrogens with zero attached hydrogens (tertiary/aromatic N) is 5. The average Bonchev–Trinajstić information content (AvgIpc) is 2.82. The monoisotopic (exact) mass is 290 g/mol. The van der Waals surface area contributed by atoms with Crippen LogP contribution in [0.15, 0.2) is 12.5 Å². The number of carbonyl (C=O) groups is 1. The van der Waals surface area contributed by atoms with Crippen LogP contribution in [0.25, 0.3) is 11.0 Å². The van der Waals surface area contributed by atoms with E-state index in [4.69, 9.17) is 0 Å². The number of amides is 1. The van der Waals surface area contributed by atoms with Crippen molar-refractivity contribution in [1.82, 2.24) is 24.6 Å². The highest BCUT2D eigenvalue weighted by Gasteiger charge is 2.21. The molecule has 2 rings (SSSR count). The number of rotatable bonds is 3. The van der Waals surface area contributed by atoms with E-state index in [2.05, 4.69) is 41.2 Å². The smallest absolute Gasteiger partial charge is 0.244 e. The van der Waals surface area contributed by atoms with Crippen LogP contribution >= 0.6 is 0 Å². The second kappa shape index (κ2) is 5.31.